The Morgan fingerprint density at radius 1 is 1.50 bits per heavy atom. The molecule has 1 aliphatic rings. The van der Waals surface area contributed by atoms with E-state index >= 15 is 0 Å². The molecule has 0 aromatic heterocycles. The van der Waals surface area contributed by atoms with Gasteiger partial charge in [0.2, 0.25) is 0 Å². The summed E-state index contributed by atoms with van der Waals surface area (Å²) in [5.74, 6) is -1.33. The first-order valence-electron chi connectivity index (χ1n) is 4.68. The number of rotatable bonds is 2. The van der Waals surface area contributed by atoms with Crippen molar-refractivity contribution in [3.05, 3.63) is 0 Å². The average Bonchev–Trinajstić information content (AvgIpc) is 2.01. The van der Waals surface area contributed by atoms with Crippen LogP contribution in [0.25, 0.3) is 0 Å². The molecule has 82 valence electrons. The number of hydrogen-bond acceptors (Lipinski definition) is 2. The second kappa shape index (κ2) is 4.29. The van der Waals surface area contributed by atoms with Gasteiger partial charge in [-0.2, -0.15) is 13.2 Å². The summed E-state index contributed by atoms with van der Waals surface area (Å²) in [7, 11) is 0. The van der Waals surface area contributed by atoms with E-state index in [-0.39, 0.29) is 25.3 Å². The lowest BCUT2D eigenvalue weighted by Gasteiger charge is -2.32. The molecule has 1 aliphatic heterocycles. The number of likely N-dealkylation sites (tertiary alicyclic amines) is 1. The summed E-state index contributed by atoms with van der Waals surface area (Å²) in [5, 5.41) is 0. The Balaban J connectivity index is 2.48. The van der Waals surface area contributed by atoms with Crippen molar-refractivity contribution in [3.63, 3.8) is 0 Å². The summed E-state index contributed by atoms with van der Waals surface area (Å²) in [4.78, 5) is 12.3. The van der Waals surface area contributed by atoms with Gasteiger partial charge in [-0.05, 0) is 26.3 Å². The minimum atomic E-state index is -4.12. The largest absolute Gasteiger partial charge is 0.393 e. The Morgan fingerprint density at radius 2 is 2.14 bits per heavy atom. The van der Waals surface area contributed by atoms with E-state index in [1.54, 1.807) is 4.90 Å². The van der Waals surface area contributed by atoms with Crippen LogP contribution in [0, 0.1) is 5.92 Å². The minimum absolute atomic E-state index is 0.0247. The molecule has 1 rings (SSSR count). The molecule has 0 spiro atoms. The van der Waals surface area contributed by atoms with Crippen LogP contribution >= 0.6 is 0 Å². The number of nitrogens with zero attached hydrogens (tertiary/aromatic N) is 1. The Morgan fingerprint density at radius 3 is 2.64 bits per heavy atom. The second-order valence-corrected chi connectivity index (χ2v) is 3.82. The van der Waals surface area contributed by atoms with Crippen molar-refractivity contribution in [2.24, 2.45) is 5.92 Å². The van der Waals surface area contributed by atoms with Crippen LogP contribution in [0.5, 0.6) is 0 Å². The number of hydrogen-bond donors (Lipinski definition) is 0. The molecule has 0 aromatic rings. The topological polar surface area (TPSA) is 20.3 Å². The van der Waals surface area contributed by atoms with Gasteiger partial charge in [0.15, 0.2) is 0 Å². The number of piperidine rings is 1. The number of ketones is 1. The van der Waals surface area contributed by atoms with Crippen LogP contribution in [0.4, 0.5) is 13.2 Å². The smallest absolute Gasteiger partial charge is 0.299 e. The fraction of sp³-hybridized carbons (Fsp3) is 0.889. The van der Waals surface area contributed by atoms with Crippen molar-refractivity contribution in [1.82, 2.24) is 4.90 Å². The van der Waals surface area contributed by atoms with Crippen LogP contribution < -0.4 is 0 Å². The summed E-state index contributed by atoms with van der Waals surface area (Å²) in [6.07, 6.45) is -3.40. The standard InChI is InChI=1S/C9H14F3NO/c1-7(14)5-13-4-2-3-8(6-13)9(10,11)12/h8H,2-6H2,1H3. The normalized spacial score (nSPS) is 25.0. The summed E-state index contributed by atoms with van der Waals surface area (Å²) >= 11 is 0. The monoisotopic (exact) mass is 209 g/mol. The van der Waals surface area contributed by atoms with Crippen LogP contribution in [0.1, 0.15) is 19.8 Å². The van der Waals surface area contributed by atoms with E-state index in [1.165, 1.54) is 6.92 Å². The number of carbonyl (C=O) groups is 1. The second-order valence-electron chi connectivity index (χ2n) is 3.82. The summed E-state index contributed by atoms with van der Waals surface area (Å²) < 4.78 is 37.0. The van der Waals surface area contributed by atoms with Crippen LogP contribution in [0.15, 0.2) is 0 Å². The van der Waals surface area contributed by atoms with Crippen molar-refractivity contribution in [2.45, 2.75) is 25.9 Å². The van der Waals surface area contributed by atoms with Crippen LogP contribution in [-0.4, -0.2) is 36.5 Å². The van der Waals surface area contributed by atoms with Gasteiger partial charge in [-0.15, -0.1) is 0 Å². The Bertz CT molecular complexity index is 215. The molecule has 0 amide bonds. The molecule has 0 radical (unpaired) electrons. The molecule has 14 heavy (non-hydrogen) atoms. The number of Topliss-reactive ketones (excluding diaryl/α,β-unsaturated/α-hetero) is 1. The molecule has 0 N–H and O–H groups in total. The Kier molecular flexibility index (Phi) is 3.53. The quantitative estimate of drug-likeness (QED) is 0.691. The van der Waals surface area contributed by atoms with Gasteiger partial charge in [-0.3, -0.25) is 9.69 Å². The zero-order valence-corrected chi connectivity index (χ0v) is 8.10. The fourth-order valence-electron chi connectivity index (χ4n) is 1.78. The summed E-state index contributed by atoms with van der Waals surface area (Å²) in [6, 6.07) is 0. The van der Waals surface area contributed by atoms with E-state index in [2.05, 4.69) is 0 Å². The molecule has 0 aromatic carbocycles. The lowest BCUT2D eigenvalue weighted by Crippen LogP contribution is -2.43. The third-order valence-electron chi connectivity index (χ3n) is 2.41. The number of halogens is 3. The lowest BCUT2D eigenvalue weighted by atomic mass is 9.97. The molecule has 0 bridgehead atoms. The number of carbonyl (C=O) groups excluding carboxylic acids is 1. The maximum atomic E-state index is 12.3. The van der Waals surface area contributed by atoms with E-state index in [4.69, 9.17) is 0 Å². The first-order valence-corrected chi connectivity index (χ1v) is 4.68. The third-order valence-corrected chi connectivity index (χ3v) is 2.41. The molecule has 1 saturated heterocycles. The lowest BCUT2D eigenvalue weighted by molar-refractivity contribution is -0.186. The summed E-state index contributed by atoms with van der Waals surface area (Å²) in [6.45, 7) is 2.12. The minimum Gasteiger partial charge on any atom is -0.299 e. The molecular weight excluding hydrogens is 195 g/mol. The molecule has 1 fully saturated rings. The van der Waals surface area contributed by atoms with E-state index in [0.29, 0.717) is 13.0 Å². The highest BCUT2D eigenvalue weighted by Crippen LogP contribution is 2.32. The predicted molar refractivity (Wildman–Crippen MR) is 45.9 cm³/mol. The van der Waals surface area contributed by atoms with E-state index in [0.717, 1.165) is 0 Å². The van der Waals surface area contributed by atoms with E-state index in [9.17, 15) is 18.0 Å². The van der Waals surface area contributed by atoms with Crippen LogP contribution in [0.3, 0.4) is 0 Å². The van der Waals surface area contributed by atoms with Crippen molar-refractivity contribution in [3.8, 4) is 0 Å². The molecule has 1 atom stereocenters. The van der Waals surface area contributed by atoms with Gasteiger partial charge >= 0.3 is 6.18 Å². The molecular formula is C9H14F3NO. The highest BCUT2D eigenvalue weighted by Gasteiger charge is 2.41. The molecule has 0 saturated carbocycles. The molecule has 2 nitrogen and oxygen atoms in total. The van der Waals surface area contributed by atoms with Gasteiger partial charge < -0.3 is 0 Å². The maximum absolute atomic E-state index is 12.3. The molecule has 1 heterocycles. The van der Waals surface area contributed by atoms with E-state index in [1.807, 2.05) is 0 Å². The maximum Gasteiger partial charge on any atom is 0.393 e. The Hall–Kier alpha value is -0.580. The molecule has 1 unspecified atom stereocenters. The zero-order chi connectivity index (χ0) is 10.8. The van der Waals surface area contributed by atoms with Crippen LogP contribution in [0.2, 0.25) is 0 Å². The third kappa shape index (κ3) is 3.29. The first kappa shape index (κ1) is 11.5. The van der Waals surface area contributed by atoms with Gasteiger partial charge in [0.1, 0.15) is 5.78 Å². The van der Waals surface area contributed by atoms with Crippen molar-refractivity contribution in [1.29, 1.82) is 0 Å². The van der Waals surface area contributed by atoms with Gasteiger partial charge in [0, 0.05) is 6.54 Å². The predicted octanol–water partition coefficient (Wildman–Crippen LogP) is 1.85. The van der Waals surface area contributed by atoms with Crippen molar-refractivity contribution in [2.75, 3.05) is 19.6 Å². The van der Waals surface area contributed by atoms with Gasteiger partial charge in [0.25, 0.3) is 0 Å². The summed E-state index contributed by atoms with van der Waals surface area (Å²) in [5.41, 5.74) is 0. The molecule has 5 heteroatoms. The fourth-order valence-corrected chi connectivity index (χ4v) is 1.78. The SMILES string of the molecule is CC(=O)CN1CCCC(C(F)(F)F)C1. The zero-order valence-electron chi connectivity index (χ0n) is 8.10. The first-order chi connectivity index (χ1) is 6.39. The van der Waals surface area contributed by atoms with Gasteiger partial charge in [-0.1, -0.05) is 0 Å². The van der Waals surface area contributed by atoms with Gasteiger partial charge in [0.05, 0.1) is 12.5 Å². The van der Waals surface area contributed by atoms with Crippen molar-refractivity contribution >= 4 is 5.78 Å². The van der Waals surface area contributed by atoms with Crippen molar-refractivity contribution < 1.29 is 18.0 Å². The molecule has 0 aliphatic carbocycles. The highest BCUT2D eigenvalue weighted by molar-refractivity contribution is 5.77. The number of alkyl halides is 3. The van der Waals surface area contributed by atoms with Crippen LogP contribution in [-0.2, 0) is 4.79 Å². The van der Waals surface area contributed by atoms with E-state index < -0.39 is 12.1 Å². The Labute approximate surface area is 81.1 Å². The van der Waals surface area contributed by atoms with Gasteiger partial charge in [-0.25, -0.2) is 0 Å². The highest BCUT2D eigenvalue weighted by atomic mass is 19.4. The average molecular weight is 209 g/mol.